The van der Waals surface area contributed by atoms with Gasteiger partial charge in [-0.05, 0) is 48.9 Å². The van der Waals surface area contributed by atoms with Gasteiger partial charge < -0.3 is 4.74 Å². The summed E-state index contributed by atoms with van der Waals surface area (Å²) in [6.45, 7) is 21.2. The van der Waals surface area contributed by atoms with Crippen LogP contribution in [0.2, 0.25) is 0 Å². The Kier molecular flexibility index (Phi) is 9.65. The van der Waals surface area contributed by atoms with E-state index in [4.69, 9.17) is 4.74 Å². The lowest BCUT2D eigenvalue weighted by atomic mass is 9.79. The number of ether oxygens (including phenoxy) is 1. The molecule has 1 unspecified atom stereocenters. The molecule has 0 aromatic carbocycles. The summed E-state index contributed by atoms with van der Waals surface area (Å²) in [6, 6.07) is 0. The third-order valence-corrected chi connectivity index (χ3v) is 6.28. The van der Waals surface area contributed by atoms with E-state index in [0.717, 1.165) is 30.5 Å². The highest BCUT2D eigenvalue weighted by atomic mass is 16.5. The molecule has 2 nitrogen and oxygen atoms in total. The zero-order chi connectivity index (χ0) is 18.3. The molecule has 138 valence electrons. The van der Waals surface area contributed by atoms with E-state index in [-0.39, 0.29) is 11.7 Å². The minimum atomic E-state index is 0.213. The predicted octanol–water partition coefficient (Wildman–Crippen LogP) is 6.13. The summed E-state index contributed by atoms with van der Waals surface area (Å²) in [5.41, 5.74) is 1.26. The van der Waals surface area contributed by atoms with Crippen molar-refractivity contribution in [3.8, 4) is 0 Å². The van der Waals surface area contributed by atoms with E-state index in [2.05, 4.69) is 41.5 Å². The standard InChI is InChI=1S/C8H16O.C8H16.C5H10O/c1-7(2)8(3)4-5-9-6-8;1-4-8(5-6-8)7(2)3;1-4(2)5(3)6/h7H,4-6H2,1-3H3;7H,4-6H2,1-3H3;4H,1-3H3. The monoisotopic (exact) mass is 326 g/mol. The summed E-state index contributed by atoms with van der Waals surface area (Å²) in [5, 5.41) is 0. The normalized spacial score (nSPS) is 24.9. The molecule has 0 aromatic rings. The Balaban J connectivity index is 0.000000323. The van der Waals surface area contributed by atoms with Crippen molar-refractivity contribution in [3.05, 3.63) is 0 Å². The van der Waals surface area contributed by atoms with Crippen LogP contribution in [0.5, 0.6) is 0 Å². The fourth-order valence-electron chi connectivity index (χ4n) is 2.64. The Bertz CT molecular complexity index is 332. The molecule has 1 saturated carbocycles. The van der Waals surface area contributed by atoms with Crippen LogP contribution >= 0.6 is 0 Å². The zero-order valence-electron chi connectivity index (χ0n) is 17.3. The van der Waals surface area contributed by atoms with Crippen LogP contribution in [-0.2, 0) is 9.53 Å². The number of carbonyl (C=O) groups excluding carboxylic acids is 1. The van der Waals surface area contributed by atoms with Gasteiger partial charge in [0.05, 0.1) is 6.61 Å². The first-order valence-corrected chi connectivity index (χ1v) is 9.59. The van der Waals surface area contributed by atoms with Gasteiger partial charge in [0.15, 0.2) is 0 Å². The number of hydrogen-bond donors (Lipinski definition) is 0. The van der Waals surface area contributed by atoms with E-state index in [1.165, 1.54) is 25.7 Å². The molecule has 1 heterocycles. The summed E-state index contributed by atoms with van der Waals surface area (Å²) in [7, 11) is 0. The highest BCUT2D eigenvalue weighted by Gasteiger charge is 2.42. The Morgan fingerprint density at radius 3 is 1.57 bits per heavy atom. The first kappa shape index (κ1) is 22.6. The van der Waals surface area contributed by atoms with Crippen molar-refractivity contribution < 1.29 is 9.53 Å². The van der Waals surface area contributed by atoms with E-state index >= 15 is 0 Å². The van der Waals surface area contributed by atoms with Crippen molar-refractivity contribution in [1.82, 2.24) is 0 Å². The fourth-order valence-corrected chi connectivity index (χ4v) is 2.64. The lowest BCUT2D eigenvalue weighted by molar-refractivity contribution is -0.119. The Hall–Kier alpha value is -0.370. The van der Waals surface area contributed by atoms with Gasteiger partial charge in [-0.3, -0.25) is 4.79 Å². The number of carbonyl (C=O) groups is 1. The molecule has 2 fully saturated rings. The molecule has 0 bridgehead atoms. The second-order valence-electron chi connectivity index (χ2n) is 8.75. The molecule has 0 spiro atoms. The zero-order valence-corrected chi connectivity index (χ0v) is 17.3. The van der Waals surface area contributed by atoms with Crippen LogP contribution in [0.4, 0.5) is 0 Å². The molecule has 2 heteroatoms. The topological polar surface area (TPSA) is 26.3 Å². The van der Waals surface area contributed by atoms with Crippen LogP contribution in [0.1, 0.15) is 88.0 Å². The van der Waals surface area contributed by atoms with Crippen molar-refractivity contribution in [2.45, 2.75) is 88.0 Å². The highest BCUT2D eigenvalue weighted by Crippen LogP contribution is 2.54. The SMILES string of the molecule is CC(=O)C(C)C.CC(C)C1(C)CCOC1.CCC1(C(C)C)CC1. The molecule has 1 saturated heterocycles. The van der Waals surface area contributed by atoms with E-state index in [1.54, 1.807) is 6.92 Å². The number of Topliss-reactive ketones (excluding diaryl/α,β-unsaturated/α-hetero) is 1. The molecule has 0 radical (unpaired) electrons. The molecule has 1 aliphatic heterocycles. The van der Waals surface area contributed by atoms with E-state index in [1.807, 2.05) is 13.8 Å². The van der Waals surface area contributed by atoms with Gasteiger partial charge in [0.2, 0.25) is 0 Å². The third-order valence-electron chi connectivity index (χ3n) is 6.28. The summed E-state index contributed by atoms with van der Waals surface area (Å²) in [6.07, 6.45) is 5.61. The van der Waals surface area contributed by atoms with Gasteiger partial charge in [-0.25, -0.2) is 0 Å². The van der Waals surface area contributed by atoms with Crippen molar-refractivity contribution in [1.29, 1.82) is 0 Å². The average Bonchev–Trinajstić information content (AvgIpc) is 3.15. The van der Waals surface area contributed by atoms with Gasteiger partial charge in [-0.2, -0.15) is 0 Å². The molecule has 1 atom stereocenters. The first-order valence-electron chi connectivity index (χ1n) is 9.59. The second kappa shape index (κ2) is 9.81. The van der Waals surface area contributed by atoms with Crippen LogP contribution in [0, 0.1) is 28.6 Å². The van der Waals surface area contributed by atoms with Gasteiger partial charge in [0.25, 0.3) is 0 Å². The van der Waals surface area contributed by atoms with Crippen molar-refractivity contribution in [2.75, 3.05) is 13.2 Å². The molecular weight excluding hydrogens is 284 g/mol. The summed E-state index contributed by atoms with van der Waals surface area (Å²) in [4.78, 5) is 10.1. The fraction of sp³-hybridized carbons (Fsp3) is 0.952. The predicted molar refractivity (Wildman–Crippen MR) is 101 cm³/mol. The summed E-state index contributed by atoms with van der Waals surface area (Å²) >= 11 is 0. The number of ketones is 1. The minimum absolute atomic E-state index is 0.213. The van der Waals surface area contributed by atoms with Crippen LogP contribution in [0.25, 0.3) is 0 Å². The Morgan fingerprint density at radius 2 is 1.48 bits per heavy atom. The molecule has 0 amide bonds. The second-order valence-corrected chi connectivity index (χ2v) is 8.75. The Labute approximate surface area is 145 Å². The maximum absolute atomic E-state index is 10.1. The van der Waals surface area contributed by atoms with E-state index < -0.39 is 0 Å². The van der Waals surface area contributed by atoms with Crippen LogP contribution in [-0.4, -0.2) is 19.0 Å². The van der Waals surface area contributed by atoms with Gasteiger partial charge in [-0.15, -0.1) is 0 Å². The maximum atomic E-state index is 10.1. The van der Waals surface area contributed by atoms with Crippen molar-refractivity contribution >= 4 is 5.78 Å². The van der Waals surface area contributed by atoms with Gasteiger partial charge in [0.1, 0.15) is 5.78 Å². The molecule has 23 heavy (non-hydrogen) atoms. The lowest BCUT2D eigenvalue weighted by Crippen LogP contribution is -2.22. The largest absolute Gasteiger partial charge is 0.381 e. The van der Waals surface area contributed by atoms with E-state index in [0.29, 0.717) is 5.41 Å². The van der Waals surface area contributed by atoms with Crippen molar-refractivity contribution in [2.24, 2.45) is 28.6 Å². The molecule has 1 aliphatic carbocycles. The third kappa shape index (κ3) is 7.83. The maximum Gasteiger partial charge on any atom is 0.132 e. The van der Waals surface area contributed by atoms with Gasteiger partial charge >= 0.3 is 0 Å². The quantitative estimate of drug-likeness (QED) is 0.621. The number of hydrogen-bond acceptors (Lipinski definition) is 2. The minimum Gasteiger partial charge on any atom is -0.381 e. The van der Waals surface area contributed by atoms with E-state index in [9.17, 15) is 4.79 Å². The van der Waals surface area contributed by atoms with Crippen LogP contribution < -0.4 is 0 Å². The van der Waals surface area contributed by atoms with Crippen LogP contribution in [0.15, 0.2) is 0 Å². The highest BCUT2D eigenvalue weighted by molar-refractivity contribution is 5.77. The molecule has 2 rings (SSSR count). The summed E-state index contributed by atoms with van der Waals surface area (Å²) in [5.74, 6) is 2.16. The molecule has 0 aromatic heterocycles. The smallest absolute Gasteiger partial charge is 0.132 e. The average molecular weight is 327 g/mol. The summed E-state index contributed by atoms with van der Waals surface area (Å²) < 4.78 is 5.32. The lowest BCUT2D eigenvalue weighted by Gasteiger charge is -2.25. The van der Waals surface area contributed by atoms with Crippen LogP contribution in [0.3, 0.4) is 0 Å². The first-order chi connectivity index (χ1) is 10.5. The molecule has 2 aliphatic rings. The Morgan fingerprint density at radius 1 is 1.00 bits per heavy atom. The van der Waals surface area contributed by atoms with Gasteiger partial charge in [0, 0.05) is 12.5 Å². The molecular formula is C21H42O2. The molecule has 0 N–H and O–H groups in total. The van der Waals surface area contributed by atoms with Gasteiger partial charge in [-0.1, -0.05) is 61.8 Å². The van der Waals surface area contributed by atoms with Crippen molar-refractivity contribution in [3.63, 3.8) is 0 Å². The number of rotatable bonds is 4.